The first kappa shape index (κ1) is 12.5. The van der Waals surface area contributed by atoms with E-state index in [0.29, 0.717) is 12.5 Å². The summed E-state index contributed by atoms with van der Waals surface area (Å²) in [5.74, 6) is 0.198. The molecule has 0 unspecified atom stereocenters. The van der Waals surface area contributed by atoms with Crippen molar-refractivity contribution in [3.8, 4) is 0 Å². The van der Waals surface area contributed by atoms with E-state index in [4.69, 9.17) is 0 Å². The van der Waals surface area contributed by atoms with Crippen LogP contribution in [0.15, 0.2) is 23.2 Å². The molecule has 0 aromatic carbocycles. The van der Waals surface area contributed by atoms with Gasteiger partial charge >= 0.3 is 0 Å². The summed E-state index contributed by atoms with van der Waals surface area (Å²) in [7, 11) is 0. The van der Waals surface area contributed by atoms with Gasteiger partial charge in [0, 0.05) is 38.8 Å². The first-order valence-corrected chi connectivity index (χ1v) is 7.13. The van der Waals surface area contributed by atoms with Gasteiger partial charge in [-0.05, 0) is 6.42 Å². The molecule has 8 nitrogen and oxygen atoms in total. The summed E-state index contributed by atoms with van der Waals surface area (Å²) < 4.78 is 6.54. The van der Waals surface area contributed by atoms with Gasteiger partial charge in [0.25, 0.3) is 0 Å². The Hall–Kier alpha value is -2.22. The van der Waals surface area contributed by atoms with E-state index in [1.54, 1.807) is 12.4 Å². The molecule has 4 rings (SSSR count). The van der Waals surface area contributed by atoms with Crippen LogP contribution in [-0.4, -0.2) is 50.5 Å². The molecule has 110 valence electrons. The first-order valence-electron chi connectivity index (χ1n) is 7.13. The Morgan fingerprint density at radius 1 is 1.33 bits per heavy atom. The molecular formula is C13H16N6O2. The van der Waals surface area contributed by atoms with Crippen molar-refractivity contribution in [1.29, 1.82) is 0 Å². The number of carbonyl (C=O) groups excluding carboxylic acids is 1. The van der Waals surface area contributed by atoms with Crippen LogP contribution in [0.3, 0.4) is 0 Å². The fourth-order valence-electron chi connectivity index (χ4n) is 2.91. The molecule has 2 aromatic heterocycles. The van der Waals surface area contributed by atoms with Crippen LogP contribution in [0.1, 0.15) is 24.6 Å². The minimum atomic E-state index is 0.198. The maximum atomic E-state index is 11.7. The highest BCUT2D eigenvalue weighted by Crippen LogP contribution is 2.26. The number of rotatable bonds is 4. The van der Waals surface area contributed by atoms with Crippen LogP contribution >= 0.6 is 0 Å². The summed E-state index contributed by atoms with van der Waals surface area (Å²) in [5, 5.41) is 11.8. The maximum Gasteiger partial charge on any atom is 0.227 e. The summed E-state index contributed by atoms with van der Waals surface area (Å²) in [4.78, 5) is 15.8. The number of aromatic nitrogens is 4. The van der Waals surface area contributed by atoms with Crippen molar-refractivity contribution in [3.63, 3.8) is 0 Å². The van der Waals surface area contributed by atoms with Crippen LogP contribution in [0, 0.1) is 0 Å². The van der Waals surface area contributed by atoms with E-state index < -0.39 is 0 Å². The van der Waals surface area contributed by atoms with Crippen molar-refractivity contribution >= 4 is 11.6 Å². The summed E-state index contributed by atoms with van der Waals surface area (Å²) in [6.07, 6.45) is 6.98. The Bertz CT molecular complexity index is 631. The predicted octanol–water partition coefficient (Wildman–Crippen LogP) is 0.450. The van der Waals surface area contributed by atoms with Gasteiger partial charge in [-0.2, -0.15) is 5.10 Å². The molecule has 4 heterocycles. The monoisotopic (exact) mass is 288 g/mol. The second-order valence-electron chi connectivity index (χ2n) is 5.57. The lowest BCUT2D eigenvalue weighted by atomic mass is 10.1. The molecule has 0 aliphatic carbocycles. The van der Waals surface area contributed by atoms with Crippen molar-refractivity contribution in [2.45, 2.75) is 25.4 Å². The van der Waals surface area contributed by atoms with Gasteiger partial charge in [0.05, 0.1) is 24.1 Å². The molecule has 2 aliphatic rings. The molecule has 2 aliphatic heterocycles. The van der Waals surface area contributed by atoms with Crippen LogP contribution in [0.4, 0.5) is 5.69 Å². The molecular weight excluding hydrogens is 272 g/mol. The van der Waals surface area contributed by atoms with Gasteiger partial charge in [-0.25, -0.2) is 4.63 Å². The van der Waals surface area contributed by atoms with Gasteiger partial charge in [-0.15, -0.1) is 0 Å². The zero-order valence-corrected chi connectivity index (χ0v) is 11.6. The van der Waals surface area contributed by atoms with Gasteiger partial charge in [0.2, 0.25) is 5.91 Å². The van der Waals surface area contributed by atoms with Crippen LogP contribution in [0.5, 0.6) is 0 Å². The van der Waals surface area contributed by atoms with E-state index in [1.807, 2.05) is 15.8 Å². The Kier molecular flexibility index (Phi) is 2.95. The number of hydrogen-bond acceptors (Lipinski definition) is 6. The first-order chi connectivity index (χ1) is 10.3. The van der Waals surface area contributed by atoms with E-state index in [-0.39, 0.29) is 5.91 Å². The van der Waals surface area contributed by atoms with E-state index in [9.17, 15) is 4.79 Å². The van der Waals surface area contributed by atoms with Gasteiger partial charge < -0.3 is 4.90 Å². The van der Waals surface area contributed by atoms with Crippen molar-refractivity contribution in [3.05, 3.63) is 24.3 Å². The number of likely N-dealkylation sites (tertiary alicyclic amines) is 1. The SMILES string of the molecule is O=C1CCCN1c1cnn(C2CN(Cc3cnon3)C2)c1. The van der Waals surface area contributed by atoms with Crippen molar-refractivity contribution < 1.29 is 9.42 Å². The molecule has 2 saturated heterocycles. The average Bonchev–Trinajstić information content (AvgIpc) is 3.14. The summed E-state index contributed by atoms with van der Waals surface area (Å²) in [5.41, 5.74) is 1.76. The third-order valence-corrected chi connectivity index (χ3v) is 4.08. The largest absolute Gasteiger partial charge is 0.309 e. The van der Waals surface area contributed by atoms with E-state index in [2.05, 4.69) is 24.9 Å². The minimum Gasteiger partial charge on any atom is -0.309 e. The molecule has 0 atom stereocenters. The van der Waals surface area contributed by atoms with Gasteiger partial charge in [-0.1, -0.05) is 10.3 Å². The molecule has 0 radical (unpaired) electrons. The Morgan fingerprint density at radius 3 is 2.95 bits per heavy atom. The van der Waals surface area contributed by atoms with Crippen molar-refractivity contribution in [2.24, 2.45) is 0 Å². The summed E-state index contributed by atoms with van der Waals surface area (Å²) >= 11 is 0. The summed E-state index contributed by atoms with van der Waals surface area (Å²) in [6, 6.07) is 0.358. The standard InChI is InChI=1S/C13H16N6O2/c20-13-2-1-3-18(13)11-5-14-19(9-11)12-7-17(8-12)6-10-4-15-21-16-10/h4-5,9,12H,1-3,6-8H2. The lowest BCUT2D eigenvalue weighted by Gasteiger charge is -2.38. The Labute approximate surface area is 121 Å². The molecule has 21 heavy (non-hydrogen) atoms. The molecule has 1 amide bonds. The molecule has 0 saturated carbocycles. The van der Waals surface area contributed by atoms with E-state index >= 15 is 0 Å². The van der Waals surface area contributed by atoms with Crippen molar-refractivity contribution in [2.75, 3.05) is 24.5 Å². The molecule has 2 fully saturated rings. The molecule has 0 spiro atoms. The quantitative estimate of drug-likeness (QED) is 0.812. The maximum absolute atomic E-state index is 11.7. The number of nitrogens with zero attached hydrogens (tertiary/aromatic N) is 6. The smallest absolute Gasteiger partial charge is 0.227 e. The topological polar surface area (TPSA) is 80.3 Å². The molecule has 2 aromatic rings. The number of carbonyl (C=O) groups is 1. The highest BCUT2D eigenvalue weighted by molar-refractivity contribution is 5.95. The van der Waals surface area contributed by atoms with Crippen LogP contribution in [0.2, 0.25) is 0 Å². The molecule has 0 bridgehead atoms. The van der Waals surface area contributed by atoms with E-state index in [1.165, 1.54) is 0 Å². The van der Waals surface area contributed by atoms with Crippen LogP contribution < -0.4 is 4.90 Å². The fraction of sp³-hybridized carbons (Fsp3) is 0.538. The van der Waals surface area contributed by atoms with E-state index in [0.717, 1.165) is 44.0 Å². The average molecular weight is 288 g/mol. The third-order valence-electron chi connectivity index (χ3n) is 4.08. The van der Waals surface area contributed by atoms with Gasteiger partial charge in [0.1, 0.15) is 5.69 Å². The zero-order valence-electron chi connectivity index (χ0n) is 11.6. The minimum absolute atomic E-state index is 0.198. The lowest BCUT2D eigenvalue weighted by Crippen LogP contribution is -2.47. The Balaban J connectivity index is 1.36. The number of hydrogen-bond donors (Lipinski definition) is 0. The lowest BCUT2D eigenvalue weighted by molar-refractivity contribution is -0.117. The van der Waals surface area contributed by atoms with Crippen molar-refractivity contribution in [1.82, 2.24) is 25.0 Å². The number of amides is 1. The summed E-state index contributed by atoms with van der Waals surface area (Å²) in [6.45, 7) is 3.39. The molecule has 8 heteroatoms. The normalized spacial score (nSPS) is 20.2. The third kappa shape index (κ3) is 2.31. The highest BCUT2D eigenvalue weighted by atomic mass is 16.6. The second-order valence-corrected chi connectivity index (χ2v) is 5.57. The van der Waals surface area contributed by atoms with Crippen LogP contribution in [-0.2, 0) is 11.3 Å². The number of anilines is 1. The molecule has 0 N–H and O–H groups in total. The predicted molar refractivity (Wildman–Crippen MR) is 72.4 cm³/mol. The highest BCUT2D eigenvalue weighted by Gasteiger charge is 2.30. The zero-order chi connectivity index (χ0) is 14.2. The Morgan fingerprint density at radius 2 is 2.24 bits per heavy atom. The van der Waals surface area contributed by atoms with Gasteiger partial charge in [-0.3, -0.25) is 14.4 Å². The fourth-order valence-corrected chi connectivity index (χ4v) is 2.91. The second kappa shape index (κ2) is 4.96. The van der Waals surface area contributed by atoms with Crippen LogP contribution in [0.25, 0.3) is 0 Å². The van der Waals surface area contributed by atoms with Gasteiger partial charge in [0.15, 0.2) is 0 Å².